The van der Waals surface area contributed by atoms with Crippen LogP contribution in [-0.2, 0) is 6.42 Å². The van der Waals surface area contributed by atoms with E-state index in [-0.39, 0.29) is 12.4 Å². The van der Waals surface area contributed by atoms with Crippen LogP contribution >= 0.6 is 12.4 Å². The number of benzene rings is 1. The zero-order chi connectivity index (χ0) is 9.68. The molecule has 2 N–H and O–H groups in total. The van der Waals surface area contributed by atoms with Gasteiger partial charge in [-0.3, -0.25) is 0 Å². The lowest BCUT2D eigenvalue weighted by atomic mass is 10.1. The van der Waals surface area contributed by atoms with Crippen molar-refractivity contribution in [2.75, 3.05) is 7.05 Å². The molecule has 0 aromatic heterocycles. The molecule has 1 aromatic carbocycles. The molecule has 2 nitrogen and oxygen atoms in total. The molecule has 0 heterocycles. The average Bonchev–Trinajstić information content (AvgIpc) is 2.16. The van der Waals surface area contributed by atoms with Crippen molar-refractivity contribution in [2.24, 2.45) is 0 Å². The summed E-state index contributed by atoms with van der Waals surface area (Å²) in [5.41, 5.74) is 1.28. The Labute approximate surface area is 91.8 Å². The van der Waals surface area contributed by atoms with Crippen molar-refractivity contribution in [1.82, 2.24) is 5.32 Å². The number of phenols is 1. The largest absolute Gasteiger partial charge is 0.508 e. The predicted molar refractivity (Wildman–Crippen MR) is 62.2 cm³/mol. The Morgan fingerprint density at radius 1 is 1.29 bits per heavy atom. The number of phenolic OH excluding ortho intramolecular Hbond substituents is 1. The van der Waals surface area contributed by atoms with Crippen LogP contribution in [0.1, 0.15) is 18.9 Å². The Morgan fingerprint density at radius 3 is 2.36 bits per heavy atom. The lowest BCUT2D eigenvalue weighted by molar-refractivity contribution is 0.475. The highest BCUT2D eigenvalue weighted by atomic mass is 35.5. The number of hydrogen-bond donors (Lipinski definition) is 2. The van der Waals surface area contributed by atoms with Crippen LogP contribution in [0.4, 0.5) is 0 Å². The molecule has 1 rings (SSSR count). The molecule has 0 saturated carbocycles. The molecule has 3 heteroatoms. The van der Waals surface area contributed by atoms with Gasteiger partial charge in [0.25, 0.3) is 0 Å². The van der Waals surface area contributed by atoms with Gasteiger partial charge in [-0.15, -0.1) is 12.4 Å². The molecule has 0 aliphatic heterocycles. The summed E-state index contributed by atoms with van der Waals surface area (Å²) in [5.74, 6) is 0.338. The molecule has 1 aromatic rings. The van der Waals surface area contributed by atoms with Gasteiger partial charge in [-0.05, 0) is 44.5 Å². The van der Waals surface area contributed by atoms with Crippen LogP contribution in [0.15, 0.2) is 24.3 Å². The molecule has 0 radical (unpaired) electrons. The van der Waals surface area contributed by atoms with Crippen LogP contribution in [-0.4, -0.2) is 18.2 Å². The summed E-state index contributed by atoms with van der Waals surface area (Å²) in [4.78, 5) is 0. The molecule has 80 valence electrons. The van der Waals surface area contributed by atoms with E-state index in [1.54, 1.807) is 12.1 Å². The van der Waals surface area contributed by atoms with Gasteiger partial charge in [-0.25, -0.2) is 0 Å². The fourth-order valence-corrected chi connectivity index (χ4v) is 1.19. The number of aryl methyl sites for hydroxylation is 1. The van der Waals surface area contributed by atoms with E-state index in [2.05, 4.69) is 12.2 Å². The summed E-state index contributed by atoms with van der Waals surface area (Å²) in [6.45, 7) is 2.17. The van der Waals surface area contributed by atoms with Crippen molar-refractivity contribution < 1.29 is 5.11 Å². The molecule has 0 aliphatic rings. The van der Waals surface area contributed by atoms with Gasteiger partial charge >= 0.3 is 0 Å². The summed E-state index contributed by atoms with van der Waals surface area (Å²) in [6.07, 6.45) is 2.18. The van der Waals surface area contributed by atoms with Crippen molar-refractivity contribution >= 4 is 12.4 Å². The molecule has 0 bridgehead atoms. The predicted octanol–water partition coefficient (Wildman–Crippen LogP) is 2.35. The van der Waals surface area contributed by atoms with E-state index in [1.165, 1.54) is 5.56 Å². The molecule has 0 spiro atoms. The quantitative estimate of drug-likeness (QED) is 0.808. The smallest absolute Gasteiger partial charge is 0.115 e. The number of hydrogen-bond acceptors (Lipinski definition) is 2. The van der Waals surface area contributed by atoms with Crippen molar-refractivity contribution in [3.05, 3.63) is 29.8 Å². The van der Waals surface area contributed by atoms with Gasteiger partial charge in [0.05, 0.1) is 0 Å². The monoisotopic (exact) mass is 215 g/mol. The van der Waals surface area contributed by atoms with Crippen LogP contribution in [0.2, 0.25) is 0 Å². The molecule has 0 amide bonds. The molecule has 1 unspecified atom stereocenters. The van der Waals surface area contributed by atoms with Crippen molar-refractivity contribution in [2.45, 2.75) is 25.8 Å². The van der Waals surface area contributed by atoms with E-state index in [1.807, 2.05) is 19.2 Å². The first-order chi connectivity index (χ1) is 6.22. The van der Waals surface area contributed by atoms with E-state index >= 15 is 0 Å². The molecule has 0 saturated heterocycles. The SMILES string of the molecule is CNC(C)CCc1ccc(O)cc1.Cl. The maximum atomic E-state index is 9.07. The third-order valence-electron chi connectivity index (χ3n) is 2.30. The third kappa shape index (κ3) is 4.49. The summed E-state index contributed by atoms with van der Waals surface area (Å²) >= 11 is 0. The zero-order valence-electron chi connectivity index (χ0n) is 8.66. The Bertz CT molecular complexity index is 248. The highest BCUT2D eigenvalue weighted by molar-refractivity contribution is 5.85. The Kier molecular flexibility index (Phi) is 6.34. The summed E-state index contributed by atoms with van der Waals surface area (Å²) in [7, 11) is 1.97. The van der Waals surface area contributed by atoms with Gasteiger partial charge in [0.1, 0.15) is 5.75 Å². The number of halogens is 1. The molecule has 0 aliphatic carbocycles. The molecular formula is C11H18ClNO. The fraction of sp³-hybridized carbons (Fsp3) is 0.455. The molecule has 0 fully saturated rings. The highest BCUT2D eigenvalue weighted by Gasteiger charge is 1.98. The van der Waals surface area contributed by atoms with Gasteiger partial charge in [0, 0.05) is 6.04 Å². The number of nitrogens with one attached hydrogen (secondary N) is 1. The van der Waals surface area contributed by atoms with Crippen LogP contribution in [0, 0.1) is 0 Å². The average molecular weight is 216 g/mol. The van der Waals surface area contributed by atoms with Gasteiger partial charge in [-0.1, -0.05) is 12.1 Å². The summed E-state index contributed by atoms with van der Waals surface area (Å²) in [6, 6.07) is 7.96. The van der Waals surface area contributed by atoms with Crippen LogP contribution in [0.25, 0.3) is 0 Å². The third-order valence-corrected chi connectivity index (χ3v) is 2.30. The maximum absolute atomic E-state index is 9.07. The van der Waals surface area contributed by atoms with Crippen molar-refractivity contribution in [3.8, 4) is 5.75 Å². The Morgan fingerprint density at radius 2 is 1.86 bits per heavy atom. The fourth-order valence-electron chi connectivity index (χ4n) is 1.19. The molecular weight excluding hydrogens is 198 g/mol. The standard InChI is InChI=1S/C11H17NO.ClH/c1-9(12-2)3-4-10-5-7-11(13)8-6-10;/h5-9,12-13H,3-4H2,1-2H3;1H. The second kappa shape index (κ2) is 6.68. The first kappa shape index (κ1) is 13.3. The number of aromatic hydroxyl groups is 1. The van der Waals surface area contributed by atoms with Crippen LogP contribution in [0.3, 0.4) is 0 Å². The second-order valence-corrected chi connectivity index (χ2v) is 3.39. The topological polar surface area (TPSA) is 32.3 Å². The van der Waals surface area contributed by atoms with E-state index < -0.39 is 0 Å². The lowest BCUT2D eigenvalue weighted by Gasteiger charge is -2.09. The second-order valence-electron chi connectivity index (χ2n) is 3.39. The van der Waals surface area contributed by atoms with Gasteiger partial charge in [0.15, 0.2) is 0 Å². The zero-order valence-corrected chi connectivity index (χ0v) is 9.47. The van der Waals surface area contributed by atoms with Gasteiger partial charge in [-0.2, -0.15) is 0 Å². The summed E-state index contributed by atoms with van der Waals surface area (Å²) in [5, 5.41) is 12.3. The lowest BCUT2D eigenvalue weighted by Crippen LogP contribution is -2.21. The Hall–Kier alpha value is -0.730. The van der Waals surface area contributed by atoms with E-state index in [9.17, 15) is 0 Å². The van der Waals surface area contributed by atoms with E-state index in [0.717, 1.165) is 12.8 Å². The number of rotatable bonds is 4. The van der Waals surface area contributed by atoms with Crippen molar-refractivity contribution in [3.63, 3.8) is 0 Å². The molecule has 1 atom stereocenters. The van der Waals surface area contributed by atoms with Gasteiger partial charge in [0.2, 0.25) is 0 Å². The van der Waals surface area contributed by atoms with Crippen LogP contribution < -0.4 is 5.32 Å². The van der Waals surface area contributed by atoms with E-state index in [0.29, 0.717) is 11.8 Å². The first-order valence-corrected chi connectivity index (χ1v) is 4.67. The minimum Gasteiger partial charge on any atom is -0.508 e. The highest BCUT2D eigenvalue weighted by Crippen LogP contribution is 2.11. The first-order valence-electron chi connectivity index (χ1n) is 4.67. The maximum Gasteiger partial charge on any atom is 0.115 e. The van der Waals surface area contributed by atoms with Gasteiger partial charge < -0.3 is 10.4 Å². The normalized spacial score (nSPS) is 11.9. The minimum absolute atomic E-state index is 0. The summed E-state index contributed by atoms with van der Waals surface area (Å²) < 4.78 is 0. The van der Waals surface area contributed by atoms with Crippen molar-refractivity contribution in [1.29, 1.82) is 0 Å². The molecule has 14 heavy (non-hydrogen) atoms. The van der Waals surface area contributed by atoms with Crippen LogP contribution in [0.5, 0.6) is 5.75 Å². The minimum atomic E-state index is 0. The Balaban J connectivity index is 0.00000169. The van der Waals surface area contributed by atoms with E-state index in [4.69, 9.17) is 5.11 Å².